The number of rotatable bonds is 4. The van der Waals surface area contributed by atoms with Crippen molar-refractivity contribution in [2.75, 3.05) is 6.61 Å². The number of carbonyl (C=O) groups is 1. The molecule has 4 heteroatoms. The van der Waals surface area contributed by atoms with Crippen LogP contribution in [-0.4, -0.2) is 12.6 Å². The zero-order valence-corrected chi connectivity index (χ0v) is 10.9. The van der Waals surface area contributed by atoms with Crippen molar-refractivity contribution in [3.8, 4) is 0 Å². The van der Waals surface area contributed by atoms with Gasteiger partial charge in [-0.15, -0.1) is 0 Å². The molecule has 0 atom stereocenters. The molecule has 0 aliphatic carbocycles. The van der Waals surface area contributed by atoms with E-state index in [4.69, 9.17) is 16.3 Å². The summed E-state index contributed by atoms with van der Waals surface area (Å²) >= 11 is 5.79. The van der Waals surface area contributed by atoms with Crippen LogP contribution in [0.2, 0.25) is 5.02 Å². The highest BCUT2D eigenvalue weighted by molar-refractivity contribution is 6.30. The molecule has 0 saturated heterocycles. The molecule has 0 bridgehead atoms. The van der Waals surface area contributed by atoms with Crippen molar-refractivity contribution in [3.05, 3.63) is 70.5 Å². The fraction of sp³-hybridized carbons (Fsp3) is 0.133. The molecule has 2 rings (SSSR count). The summed E-state index contributed by atoms with van der Waals surface area (Å²) < 4.78 is 18.0. The van der Waals surface area contributed by atoms with Crippen LogP contribution in [0, 0.1) is 5.82 Å². The summed E-state index contributed by atoms with van der Waals surface area (Å²) in [4.78, 5) is 11.7. The quantitative estimate of drug-likeness (QED) is 0.794. The van der Waals surface area contributed by atoms with Gasteiger partial charge in [-0.2, -0.15) is 0 Å². The first-order valence-corrected chi connectivity index (χ1v) is 6.20. The lowest BCUT2D eigenvalue weighted by atomic mass is 10.1. The molecule has 0 aliphatic rings. The van der Waals surface area contributed by atoms with E-state index in [-0.39, 0.29) is 12.4 Å². The Bertz CT molecular complexity index is 584. The summed E-state index contributed by atoms with van der Waals surface area (Å²) in [6.07, 6.45) is 0.476. The molecule has 2 nitrogen and oxygen atoms in total. The molecule has 2 aromatic carbocycles. The molecule has 19 heavy (non-hydrogen) atoms. The lowest BCUT2D eigenvalue weighted by molar-refractivity contribution is 0.0509. The Morgan fingerprint density at radius 1 is 1.16 bits per heavy atom. The maximum absolute atomic E-state index is 12.9. The van der Waals surface area contributed by atoms with E-state index in [1.165, 1.54) is 12.1 Å². The van der Waals surface area contributed by atoms with Crippen LogP contribution in [0.15, 0.2) is 48.5 Å². The summed E-state index contributed by atoms with van der Waals surface area (Å²) in [6, 6.07) is 12.8. The van der Waals surface area contributed by atoms with Crippen LogP contribution in [0.1, 0.15) is 15.9 Å². The zero-order chi connectivity index (χ0) is 13.7. The summed E-state index contributed by atoms with van der Waals surface area (Å²) in [6.45, 7) is 0.203. The lowest BCUT2D eigenvalue weighted by Gasteiger charge is -2.05. The van der Waals surface area contributed by atoms with Crippen molar-refractivity contribution >= 4 is 17.6 Å². The predicted octanol–water partition coefficient (Wildman–Crippen LogP) is 3.88. The van der Waals surface area contributed by atoms with Crippen LogP contribution < -0.4 is 0 Å². The normalized spacial score (nSPS) is 10.2. The maximum atomic E-state index is 12.9. The molecule has 0 unspecified atom stereocenters. The van der Waals surface area contributed by atoms with Gasteiger partial charge in [0.05, 0.1) is 12.2 Å². The van der Waals surface area contributed by atoms with Crippen molar-refractivity contribution in [2.45, 2.75) is 6.42 Å². The SMILES string of the molecule is O=C(OCCc1cccc(F)c1)c1cccc(Cl)c1. The molecule has 0 heterocycles. The summed E-state index contributed by atoms with van der Waals surface area (Å²) in [5.74, 6) is -0.724. The Hall–Kier alpha value is -1.87. The average molecular weight is 279 g/mol. The fourth-order valence-corrected chi connectivity index (χ4v) is 1.84. The number of benzene rings is 2. The maximum Gasteiger partial charge on any atom is 0.338 e. The Kier molecular flexibility index (Phi) is 4.53. The number of carbonyl (C=O) groups excluding carboxylic acids is 1. The standard InChI is InChI=1S/C15H12ClFO2/c16-13-5-2-4-12(10-13)15(18)19-8-7-11-3-1-6-14(17)9-11/h1-6,9-10H,7-8H2. The molecule has 2 aromatic rings. The molecule has 0 fully saturated rings. The molecular formula is C15H12ClFO2. The van der Waals surface area contributed by atoms with E-state index in [0.29, 0.717) is 17.0 Å². The van der Waals surface area contributed by atoms with Gasteiger partial charge >= 0.3 is 5.97 Å². The van der Waals surface area contributed by atoms with Crippen molar-refractivity contribution in [2.24, 2.45) is 0 Å². The molecular weight excluding hydrogens is 267 g/mol. The average Bonchev–Trinajstić information content (AvgIpc) is 2.38. The molecule has 0 aliphatic heterocycles. The lowest BCUT2D eigenvalue weighted by Crippen LogP contribution is -2.08. The highest BCUT2D eigenvalue weighted by Crippen LogP contribution is 2.12. The zero-order valence-electron chi connectivity index (χ0n) is 10.1. The van der Waals surface area contributed by atoms with Crippen LogP contribution in [-0.2, 0) is 11.2 Å². The number of esters is 1. The van der Waals surface area contributed by atoms with Crippen LogP contribution in [0.25, 0.3) is 0 Å². The number of hydrogen-bond acceptors (Lipinski definition) is 2. The second-order valence-corrected chi connectivity index (χ2v) is 4.46. The third-order valence-electron chi connectivity index (χ3n) is 2.57. The topological polar surface area (TPSA) is 26.3 Å². The highest BCUT2D eigenvalue weighted by atomic mass is 35.5. The van der Waals surface area contributed by atoms with E-state index < -0.39 is 5.97 Å². The Balaban J connectivity index is 1.87. The smallest absolute Gasteiger partial charge is 0.338 e. The van der Waals surface area contributed by atoms with E-state index >= 15 is 0 Å². The van der Waals surface area contributed by atoms with Crippen LogP contribution >= 0.6 is 11.6 Å². The van der Waals surface area contributed by atoms with Crippen LogP contribution in [0.5, 0.6) is 0 Å². The van der Waals surface area contributed by atoms with Gasteiger partial charge in [-0.25, -0.2) is 9.18 Å². The minimum atomic E-state index is -0.432. The summed E-state index contributed by atoms with van der Waals surface area (Å²) in [7, 11) is 0. The molecule has 0 amide bonds. The Labute approximate surface area is 115 Å². The van der Waals surface area contributed by atoms with E-state index in [2.05, 4.69) is 0 Å². The molecule has 0 N–H and O–H groups in total. The predicted molar refractivity (Wildman–Crippen MR) is 71.8 cm³/mol. The first-order chi connectivity index (χ1) is 9.15. The van der Waals surface area contributed by atoms with Gasteiger partial charge in [-0.05, 0) is 35.9 Å². The number of hydrogen-bond donors (Lipinski definition) is 0. The second kappa shape index (κ2) is 6.34. The number of ether oxygens (including phenoxy) is 1. The van der Waals surface area contributed by atoms with Crippen molar-refractivity contribution in [3.63, 3.8) is 0 Å². The van der Waals surface area contributed by atoms with Gasteiger partial charge in [-0.3, -0.25) is 0 Å². The van der Waals surface area contributed by atoms with E-state index in [1.54, 1.807) is 36.4 Å². The molecule has 0 saturated carbocycles. The van der Waals surface area contributed by atoms with E-state index in [1.807, 2.05) is 0 Å². The Morgan fingerprint density at radius 3 is 2.68 bits per heavy atom. The molecule has 0 radical (unpaired) electrons. The first kappa shape index (κ1) is 13.6. The second-order valence-electron chi connectivity index (χ2n) is 4.03. The third kappa shape index (κ3) is 4.07. The van der Waals surface area contributed by atoms with Gasteiger partial charge in [0.2, 0.25) is 0 Å². The molecule has 98 valence electrons. The van der Waals surface area contributed by atoms with Gasteiger partial charge in [0, 0.05) is 11.4 Å². The summed E-state index contributed by atoms with van der Waals surface area (Å²) in [5.41, 5.74) is 1.20. The van der Waals surface area contributed by atoms with Gasteiger partial charge < -0.3 is 4.74 Å². The van der Waals surface area contributed by atoms with Gasteiger partial charge in [0.15, 0.2) is 0 Å². The molecule has 0 aromatic heterocycles. The van der Waals surface area contributed by atoms with E-state index in [9.17, 15) is 9.18 Å². The Morgan fingerprint density at radius 2 is 1.95 bits per heavy atom. The fourth-order valence-electron chi connectivity index (χ4n) is 1.65. The first-order valence-electron chi connectivity index (χ1n) is 5.82. The van der Waals surface area contributed by atoms with Crippen molar-refractivity contribution in [1.29, 1.82) is 0 Å². The van der Waals surface area contributed by atoms with Crippen LogP contribution in [0.4, 0.5) is 4.39 Å². The van der Waals surface area contributed by atoms with E-state index in [0.717, 1.165) is 5.56 Å². The van der Waals surface area contributed by atoms with Crippen molar-refractivity contribution < 1.29 is 13.9 Å². The number of halogens is 2. The largest absolute Gasteiger partial charge is 0.462 e. The van der Waals surface area contributed by atoms with Gasteiger partial charge in [0.1, 0.15) is 5.82 Å². The monoisotopic (exact) mass is 278 g/mol. The van der Waals surface area contributed by atoms with Crippen LogP contribution in [0.3, 0.4) is 0 Å². The highest BCUT2D eigenvalue weighted by Gasteiger charge is 2.07. The summed E-state index contributed by atoms with van der Waals surface area (Å²) in [5, 5.41) is 0.486. The van der Waals surface area contributed by atoms with Crippen molar-refractivity contribution in [1.82, 2.24) is 0 Å². The van der Waals surface area contributed by atoms with Gasteiger partial charge in [0.25, 0.3) is 0 Å². The minimum absolute atomic E-state index is 0.203. The third-order valence-corrected chi connectivity index (χ3v) is 2.81. The van der Waals surface area contributed by atoms with Gasteiger partial charge in [-0.1, -0.05) is 29.8 Å². The minimum Gasteiger partial charge on any atom is -0.462 e. The molecule has 0 spiro atoms.